The molecule has 0 radical (unpaired) electrons. The number of hydrogen-bond donors (Lipinski definition) is 1. The summed E-state index contributed by atoms with van der Waals surface area (Å²) in [5.41, 5.74) is 0.791. The molecule has 2 rings (SSSR count). The largest absolute Gasteiger partial charge is 0.324 e. The van der Waals surface area contributed by atoms with E-state index in [4.69, 9.17) is 5.26 Å². The number of nitriles is 1. The van der Waals surface area contributed by atoms with Crippen LogP contribution in [0.5, 0.6) is 0 Å². The van der Waals surface area contributed by atoms with Gasteiger partial charge < -0.3 is 5.32 Å². The van der Waals surface area contributed by atoms with Crippen LogP contribution in [0.15, 0.2) is 47.4 Å². The fourth-order valence-corrected chi connectivity index (χ4v) is 2.31. The van der Waals surface area contributed by atoms with E-state index in [1.807, 2.05) is 6.07 Å². The van der Waals surface area contributed by atoms with Gasteiger partial charge in [0.25, 0.3) is 0 Å². The molecule has 1 amide bonds. The quantitative estimate of drug-likeness (QED) is 0.879. The number of nitrogens with zero attached hydrogens (tertiary/aromatic N) is 1. The lowest BCUT2D eigenvalue weighted by Gasteiger charge is -2.06. The summed E-state index contributed by atoms with van der Waals surface area (Å²) in [6.07, 6.45) is 0. The van der Waals surface area contributed by atoms with Crippen LogP contribution >= 0.6 is 11.8 Å². The highest BCUT2D eigenvalue weighted by atomic mass is 32.2. The number of anilines is 1. The van der Waals surface area contributed by atoms with Crippen molar-refractivity contribution in [2.75, 3.05) is 11.1 Å². The summed E-state index contributed by atoms with van der Waals surface area (Å²) >= 11 is 1.08. The van der Waals surface area contributed by atoms with Gasteiger partial charge in [-0.25, -0.2) is 8.78 Å². The molecule has 1 N–H and O–H groups in total. The molecule has 0 aliphatic heterocycles. The first-order valence-corrected chi connectivity index (χ1v) is 6.95. The number of nitrogens with one attached hydrogen (secondary N) is 1. The van der Waals surface area contributed by atoms with E-state index in [2.05, 4.69) is 5.32 Å². The maximum Gasteiger partial charge on any atom is 0.234 e. The van der Waals surface area contributed by atoms with Gasteiger partial charge in [0.15, 0.2) is 11.6 Å². The number of thioether (sulfide) groups is 1. The Bertz CT molecular complexity index is 713. The molecule has 0 aliphatic rings. The first-order valence-electron chi connectivity index (χ1n) is 5.97. The summed E-state index contributed by atoms with van der Waals surface area (Å²) in [6, 6.07) is 12.1. The summed E-state index contributed by atoms with van der Waals surface area (Å²) in [6.45, 7) is 0. The fraction of sp³-hybridized carbons (Fsp3) is 0.0667. The second kappa shape index (κ2) is 6.86. The van der Waals surface area contributed by atoms with Gasteiger partial charge in [0.1, 0.15) is 6.07 Å². The molecule has 0 aliphatic carbocycles. The normalized spacial score (nSPS) is 9.95. The Morgan fingerprint density at radius 2 is 1.95 bits per heavy atom. The minimum absolute atomic E-state index is 0.0326. The average molecular weight is 304 g/mol. The zero-order chi connectivity index (χ0) is 15.2. The fourth-order valence-electron chi connectivity index (χ4n) is 1.59. The van der Waals surface area contributed by atoms with Crippen molar-refractivity contribution in [3.8, 4) is 6.07 Å². The van der Waals surface area contributed by atoms with E-state index in [1.54, 1.807) is 24.3 Å². The number of halogens is 2. The molecule has 2 aromatic carbocycles. The Morgan fingerprint density at radius 3 is 2.67 bits per heavy atom. The van der Waals surface area contributed by atoms with Crippen LogP contribution in [0.1, 0.15) is 5.56 Å². The van der Waals surface area contributed by atoms with Gasteiger partial charge in [0, 0.05) is 4.90 Å². The zero-order valence-electron chi connectivity index (χ0n) is 10.8. The number of amides is 1. The Labute approximate surface area is 124 Å². The van der Waals surface area contributed by atoms with Crippen molar-refractivity contribution in [1.82, 2.24) is 0 Å². The van der Waals surface area contributed by atoms with Crippen molar-refractivity contribution >= 4 is 23.4 Å². The van der Waals surface area contributed by atoms with Crippen molar-refractivity contribution in [3.05, 3.63) is 59.7 Å². The molecule has 0 heterocycles. The predicted octanol–water partition coefficient (Wildman–Crippen LogP) is 3.57. The third-order valence-electron chi connectivity index (χ3n) is 2.58. The van der Waals surface area contributed by atoms with Crippen LogP contribution in [0.25, 0.3) is 0 Å². The maximum atomic E-state index is 13.0. The Hall–Kier alpha value is -2.39. The second-order valence-corrected chi connectivity index (χ2v) is 5.12. The van der Waals surface area contributed by atoms with Crippen molar-refractivity contribution in [1.29, 1.82) is 5.26 Å². The molecule has 0 aromatic heterocycles. The van der Waals surface area contributed by atoms with Crippen LogP contribution in [0.3, 0.4) is 0 Å². The van der Waals surface area contributed by atoms with Crippen molar-refractivity contribution in [2.45, 2.75) is 4.90 Å². The van der Waals surface area contributed by atoms with Gasteiger partial charge in [0.2, 0.25) is 5.91 Å². The average Bonchev–Trinajstić information content (AvgIpc) is 2.49. The molecule has 0 spiro atoms. The predicted molar refractivity (Wildman–Crippen MR) is 76.9 cm³/mol. The first kappa shape index (κ1) is 15.0. The van der Waals surface area contributed by atoms with Gasteiger partial charge in [-0.2, -0.15) is 5.26 Å². The van der Waals surface area contributed by atoms with Crippen molar-refractivity contribution in [2.24, 2.45) is 0 Å². The van der Waals surface area contributed by atoms with Crippen LogP contribution in [0.4, 0.5) is 14.5 Å². The highest BCUT2D eigenvalue weighted by Crippen LogP contribution is 2.21. The Balaban J connectivity index is 1.96. The van der Waals surface area contributed by atoms with E-state index in [-0.39, 0.29) is 11.7 Å². The summed E-state index contributed by atoms with van der Waals surface area (Å²) in [5.74, 6) is -2.17. The number of carbonyl (C=O) groups is 1. The molecule has 0 unspecified atom stereocenters. The van der Waals surface area contributed by atoms with E-state index >= 15 is 0 Å². The van der Waals surface area contributed by atoms with Crippen molar-refractivity contribution in [3.63, 3.8) is 0 Å². The van der Waals surface area contributed by atoms with Gasteiger partial charge in [-0.3, -0.25) is 4.79 Å². The van der Waals surface area contributed by atoms with Crippen LogP contribution in [0, 0.1) is 23.0 Å². The van der Waals surface area contributed by atoms with Crippen LogP contribution in [-0.2, 0) is 4.79 Å². The van der Waals surface area contributed by atoms with Gasteiger partial charge >= 0.3 is 0 Å². The summed E-state index contributed by atoms with van der Waals surface area (Å²) in [5, 5.41) is 11.5. The SMILES string of the molecule is N#Cc1ccccc1NC(=O)CSc1ccc(F)c(F)c1. The molecule has 2 aromatic rings. The van der Waals surface area contributed by atoms with Gasteiger partial charge in [-0.1, -0.05) is 12.1 Å². The minimum Gasteiger partial charge on any atom is -0.324 e. The molecular formula is C15H10F2N2OS. The minimum atomic E-state index is -0.949. The summed E-state index contributed by atoms with van der Waals surface area (Å²) in [4.78, 5) is 12.3. The van der Waals surface area contributed by atoms with Gasteiger partial charge in [-0.05, 0) is 30.3 Å². The monoisotopic (exact) mass is 304 g/mol. The topological polar surface area (TPSA) is 52.9 Å². The lowest BCUT2D eigenvalue weighted by atomic mass is 10.2. The Morgan fingerprint density at radius 1 is 1.19 bits per heavy atom. The highest BCUT2D eigenvalue weighted by Gasteiger charge is 2.08. The molecule has 21 heavy (non-hydrogen) atoms. The standard InChI is InChI=1S/C15H10F2N2OS/c16-12-6-5-11(7-13(12)17)21-9-15(20)19-14-4-2-1-3-10(14)8-18/h1-7H,9H2,(H,19,20). The van der Waals surface area contributed by atoms with E-state index < -0.39 is 11.6 Å². The maximum absolute atomic E-state index is 13.0. The number of hydrogen-bond acceptors (Lipinski definition) is 3. The first-order chi connectivity index (χ1) is 10.1. The molecule has 0 atom stereocenters. The number of carbonyl (C=O) groups excluding carboxylic acids is 1. The highest BCUT2D eigenvalue weighted by molar-refractivity contribution is 8.00. The smallest absolute Gasteiger partial charge is 0.234 e. The lowest BCUT2D eigenvalue weighted by Crippen LogP contribution is -2.14. The van der Waals surface area contributed by atoms with E-state index in [9.17, 15) is 13.6 Å². The van der Waals surface area contributed by atoms with E-state index in [1.165, 1.54) is 6.07 Å². The molecule has 106 valence electrons. The van der Waals surface area contributed by atoms with Crippen LogP contribution < -0.4 is 5.32 Å². The van der Waals surface area contributed by atoms with Gasteiger partial charge in [-0.15, -0.1) is 11.8 Å². The van der Waals surface area contributed by atoms with Crippen molar-refractivity contribution < 1.29 is 13.6 Å². The molecule has 0 fully saturated rings. The van der Waals surface area contributed by atoms with Gasteiger partial charge in [0.05, 0.1) is 17.0 Å². The Kier molecular flexibility index (Phi) is 4.90. The molecule has 6 heteroatoms. The summed E-state index contributed by atoms with van der Waals surface area (Å²) in [7, 11) is 0. The molecule has 0 saturated carbocycles. The number of rotatable bonds is 4. The van der Waals surface area contributed by atoms with Crippen LogP contribution in [0.2, 0.25) is 0 Å². The zero-order valence-corrected chi connectivity index (χ0v) is 11.6. The lowest BCUT2D eigenvalue weighted by molar-refractivity contribution is -0.113. The number of benzene rings is 2. The second-order valence-electron chi connectivity index (χ2n) is 4.07. The van der Waals surface area contributed by atoms with E-state index in [0.717, 1.165) is 23.9 Å². The van der Waals surface area contributed by atoms with Crippen LogP contribution in [-0.4, -0.2) is 11.7 Å². The third-order valence-corrected chi connectivity index (χ3v) is 3.58. The molecule has 3 nitrogen and oxygen atoms in total. The molecular weight excluding hydrogens is 294 g/mol. The third kappa shape index (κ3) is 4.04. The van der Waals surface area contributed by atoms with E-state index in [0.29, 0.717) is 16.1 Å². The molecule has 0 saturated heterocycles. The molecule has 0 bridgehead atoms. The number of para-hydroxylation sites is 1. The summed E-state index contributed by atoms with van der Waals surface area (Å²) < 4.78 is 25.8.